The topological polar surface area (TPSA) is 138 Å². The molecule has 0 bridgehead atoms. The minimum Gasteiger partial charge on any atom is -0.662 e. The molecular weight excluding hydrogens is 403 g/mol. The molecule has 8 nitrogen and oxygen atoms in total. The van der Waals surface area contributed by atoms with Gasteiger partial charge >= 0.3 is 63.3 Å². The largest absolute Gasteiger partial charge is 1.00 e. The van der Waals surface area contributed by atoms with E-state index in [1.165, 1.54) is 18.4 Å². The smallest absolute Gasteiger partial charge is 0.662 e. The molecule has 1 atom stereocenters. The summed E-state index contributed by atoms with van der Waals surface area (Å²) in [4.78, 5) is 20.0. The number of rotatable bonds is 10. The minimum atomic E-state index is -4.84. The summed E-state index contributed by atoms with van der Waals surface area (Å²) < 4.78 is 34.2. The van der Waals surface area contributed by atoms with Crippen LogP contribution in [0.15, 0.2) is 24.3 Å². The first-order chi connectivity index (χ1) is 12.1. The van der Waals surface area contributed by atoms with Crippen LogP contribution >= 0.6 is 0 Å². The van der Waals surface area contributed by atoms with E-state index in [2.05, 4.69) is 26.0 Å². The molecule has 0 aliphatic rings. The maximum absolute atomic E-state index is 10.2. The molecule has 0 aliphatic carbocycles. The molecule has 0 aromatic heterocycles. The Labute approximate surface area is 202 Å². The van der Waals surface area contributed by atoms with Crippen molar-refractivity contribution in [2.45, 2.75) is 51.2 Å². The molecule has 0 aliphatic heterocycles. The van der Waals surface area contributed by atoms with E-state index in [0.717, 1.165) is 18.6 Å². The van der Waals surface area contributed by atoms with Gasteiger partial charge in [-0.2, -0.15) is 15.0 Å². The van der Waals surface area contributed by atoms with E-state index < -0.39 is 33.7 Å². The number of hydrogen-bond acceptors (Lipinski definition) is 5. The second-order valence-electron chi connectivity index (χ2n) is 5.34. The average Bonchev–Trinajstić information content (AvgIpc) is 2.56. The van der Waals surface area contributed by atoms with Crippen molar-refractivity contribution in [3.05, 3.63) is 36.4 Å². The van der Waals surface area contributed by atoms with Crippen LogP contribution in [-0.2, 0) is 26.1 Å². The van der Waals surface area contributed by atoms with Crippen molar-refractivity contribution < 1.29 is 88.9 Å². The van der Waals surface area contributed by atoms with Gasteiger partial charge in [0.2, 0.25) is 0 Å². The SMILES string of the molecule is CC[CH-]Oc1ccccc1CCCC.O=C(O)CC(C(=O)O)S(=O)(=O)O.[K+]. The van der Waals surface area contributed by atoms with Gasteiger partial charge in [-0.25, -0.2) is 0 Å². The molecule has 1 rings (SSSR count). The van der Waals surface area contributed by atoms with Crippen molar-refractivity contribution in [2.24, 2.45) is 0 Å². The molecule has 0 saturated heterocycles. The van der Waals surface area contributed by atoms with Crippen LogP contribution in [0, 0.1) is 6.61 Å². The molecule has 1 aromatic rings. The number of ether oxygens (including phenoxy) is 1. The monoisotopic (exact) mass is 428 g/mol. The Balaban J connectivity index is 0. The van der Waals surface area contributed by atoms with E-state index in [9.17, 15) is 18.0 Å². The number of aryl methyl sites for hydroxylation is 1. The van der Waals surface area contributed by atoms with E-state index in [-0.39, 0.29) is 51.4 Å². The van der Waals surface area contributed by atoms with Crippen LogP contribution in [0.3, 0.4) is 0 Å². The molecule has 1 aromatic carbocycles. The summed E-state index contributed by atoms with van der Waals surface area (Å²) in [5.41, 5.74) is 1.32. The standard InChI is InChI=1S/C13H19O.C4H6O7S.K/c1-3-5-8-12-9-6-7-10-13(12)14-11-4-2;5-3(6)1-2(4(7)8)12(9,10)11;/h6-7,9-11H,3-5,8H2,1-2H3;2H,1H2,(H,5,6)(H,7,8)(H,9,10,11);/q-1;;+1. The van der Waals surface area contributed by atoms with Crippen LogP contribution in [0.5, 0.6) is 5.75 Å². The molecule has 0 saturated carbocycles. The van der Waals surface area contributed by atoms with E-state index in [4.69, 9.17) is 19.5 Å². The second-order valence-corrected chi connectivity index (χ2v) is 6.94. The van der Waals surface area contributed by atoms with Crippen molar-refractivity contribution in [2.75, 3.05) is 0 Å². The minimum absolute atomic E-state index is 0. The van der Waals surface area contributed by atoms with Crippen molar-refractivity contribution in [1.29, 1.82) is 0 Å². The van der Waals surface area contributed by atoms with Crippen molar-refractivity contribution in [3.63, 3.8) is 0 Å². The number of carboxylic acids is 2. The number of aliphatic carboxylic acids is 2. The Morgan fingerprint density at radius 3 is 2.19 bits per heavy atom. The van der Waals surface area contributed by atoms with Gasteiger partial charge in [-0.15, -0.1) is 6.42 Å². The van der Waals surface area contributed by atoms with Crippen molar-refractivity contribution in [3.8, 4) is 5.75 Å². The Morgan fingerprint density at radius 1 is 1.19 bits per heavy atom. The molecule has 0 spiro atoms. The van der Waals surface area contributed by atoms with Crippen LogP contribution < -0.4 is 56.1 Å². The normalized spacial score (nSPS) is 11.4. The predicted molar refractivity (Wildman–Crippen MR) is 95.5 cm³/mol. The molecule has 3 N–H and O–H groups in total. The molecule has 27 heavy (non-hydrogen) atoms. The number of carboxylic acid groups (broad SMARTS) is 2. The number of carbonyl (C=O) groups is 2. The molecule has 0 fully saturated rings. The molecule has 148 valence electrons. The summed E-state index contributed by atoms with van der Waals surface area (Å²) in [6, 6.07) is 8.28. The first-order valence-corrected chi connectivity index (χ1v) is 9.60. The van der Waals surface area contributed by atoms with E-state index in [1.54, 1.807) is 0 Å². The fraction of sp³-hybridized carbons (Fsp3) is 0.471. The summed E-state index contributed by atoms with van der Waals surface area (Å²) >= 11 is 0. The van der Waals surface area contributed by atoms with E-state index >= 15 is 0 Å². The average molecular weight is 429 g/mol. The van der Waals surface area contributed by atoms with Gasteiger partial charge in [-0.1, -0.05) is 38.5 Å². The summed E-state index contributed by atoms with van der Waals surface area (Å²) in [7, 11) is -4.84. The molecule has 0 amide bonds. The fourth-order valence-electron chi connectivity index (χ4n) is 1.84. The third-order valence-electron chi connectivity index (χ3n) is 3.14. The predicted octanol–water partition coefficient (Wildman–Crippen LogP) is -0.214. The van der Waals surface area contributed by atoms with Gasteiger partial charge in [-0.05, 0) is 24.5 Å². The fourth-order valence-corrected chi connectivity index (χ4v) is 2.45. The van der Waals surface area contributed by atoms with Crippen LogP contribution in [0.2, 0.25) is 0 Å². The molecule has 0 heterocycles. The maximum Gasteiger partial charge on any atom is 1.00 e. The molecule has 10 heteroatoms. The van der Waals surface area contributed by atoms with Gasteiger partial charge in [0.25, 0.3) is 10.1 Å². The third kappa shape index (κ3) is 13.3. The molecule has 0 radical (unpaired) electrons. The second kappa shape index (κ2) is 15.4. The van der Waals surface area contributed by atoms with Gasteiger partial charge in [-0.3, -0.25) is 14.1 Å². The maximum atomic E-state index is 10.2. The zero-order valence-electron chi connectivity index (χ0n) is 15.8. The van der Waals surface area contributed by atoms with Crippen LogP contribution in [0.1, 0.15) is 45.1 Å². The third-order valence-corrected chi connectivity index (χ3v) is 4.23. The summed E-state index contributed by atoms with van der Waals surface area (Å²) in [6.45, 7) is 6.14. The Morgan fingerprint density at radius 2 is 1.78 bits per heavy atom. The first kappa shape index (κ1) is 28.7. The van der Waals surface area contributed by atoms with E-state index in [1.807, 2.05) is 18.7 Å². The van der Waals surface area contributed by atoms with Gasteiger partial charge in [0.05, 0.1) is 12.2 Å². The number of unbranched alkanes of at least 4 members (excludes halogenated alkanes) is 1. The summed E-state index contributed by atoms with van der Waals surface area (Å²) in [5.74, 6) is -2.48. The Bertz CT molecular complexity index is 648. The van der Waals surface area contributed by atoms with Gasteiger partial charge in [0.15, 0.2) is 5.25 Å². The van der Waals surface area contributed by atoms with Gasteiger partial charge in [0.1, 0.15) is 0 Å². The van der Waals surface area contributed by atoms with E-state index in [0.29, 0.717) is 0 Å². The van der Waals surface area contributed by atoms with Crippen molar-refractivity contribution in [1.82, 2.24) is 0 Å². The van der Waals surface area contributed by atoms with Crippen LogP contribution in [0.4, 0.5) is 0 Å². The quantitative estimate of drug-likeness (QED) is 0.264. The molecule has 1 unspecified atom stereocenters. The zero-order chi connectivity index (χ0) is 20.2. The van der Waals surface area contributed by atoms with Crippen molar-refractivity contribution >= 4 is 22.1 Å². The summed E-state index contributed by atoms with van der Waals surface area (Å²) in [6.07, 6.45) is 3.36. The zero-order valence-corrected chi connectivity index (χ0v) is 19.7. The summed E-state index contributed by atoms with van der Waals surface area (Å²) in [5, 5.41) is 13.9. The Hall–Kier alpha value is -0.494. The van der Waals surface area contributed by atoms with Crippen LogP contribution in [-0.4, -0.2) is 40.4 Å². The van der Waals surface area contributed by atoms with Gasteiger partial charge < -0.3 is 14.9 Å². The number of benzene rings is 1. The first-order valence-electron chi connectivity index (χ1n) is 8.10. The number of para-hydroxylation sites is 1. The Kier molecular flexibility index (Phi) is 16.4. The van der Waals surface area contributed by atoms with Crippen LogP contribution in [0.25, 0.3) is 0 Å². The van der Waals surface area contributed by atoms with Gasteiger partial charge in [0, 0.05) is 0 Å². The molecular formula is C17H25KO8S. The number of hydrogen-bond donors (Lipinski definition) is 3.